The van der Waals surface area contributed by atoms with Crippen molar-refractivity contribution in [3.8, 4) is 0 Å². The lowest BCUT2D eigenvalue weighted by molar-refractivity contribution is -0.138. The van der Waals surface area contributed by atoms with Crippen LogP contribution in [0.3, 0.4) is 0 Å². The zero-order chi connectivity index (χ0) is 25.1. The van der Waals surface area contributed by atoms with Gasteiger partial charge in [-0.05, 0) is 44.2 Å². The highest BCUT2D eigenvalue weighted by Crippen LogP contribution is 2.34. The molecule has 0 radical (unpaired) electrons. The second-order valence-electron chi connectivity index (χ2n) is 7.86. The van der Waals surface area contributed by atoms with Crippen molar-refractivity contribution >= 4 is 29.4 Å². The number of aliphatic carboxylic acids is 1. The molecule has 0 spiro atoms. The summed E-state index contributed by atoms with van der Waals surface area (Å²) in [5.74, 6) is -0.628. The summed E-state index contributed by atoms with van der Waals surface area (Å²) >= 11 is 0. The molecule has 2 saturated heterocycles. The highest BCUT2D eigenvalue weighted by atomic mass is 16.6. The van der Waals surface area contributed by atoms with Gasteiger partial charge in [0.1, 0.15) is 24.6 Å². The van der Waals surface area contributed by atoms with E-state index < -0.39 is 5.97 Å². The van der Waals surface area contributed by atoms with Gasteiger partial charge in [0.25, 0.3) is 5.97 Å². The number of ether oxygens (including phenoxy) is 3. The molecule has 1 amide bonds. The van der Waals surface area contributed by atoms with Gasteiger partial charge in [-0.2, -0.15) is 5.10 Å². The summed E-state index contributed by atoms with van der Waals surface area (Å²) < 4.78 is 17.4. The van der Waals surface area contributed by atoms with Gasteiger partial charge in [-0.15, -0.1) is 0 Å². The van der Waals surface area contributed by atoms with E-state index in [1.165, 1.54) is 26.8 Å². The molecule has 2 atom stereocenters. The number of carboxylic acids is 1. The number of nitrogens with zero attached hydrogens (tertiary/aromatic N) is 4. The van der Waals surface area contributed by atoms with Crippen molar-refractivity contribution in [1.82, 2.24) is 19.5 Å². The van der Waals surface area contributed by atoms with Crippen LogP contribution in [-0.2, 0) is 23.8 Å². The van der Waals surface area contributed by atoms with E-state index in [4.69, 9.17) is 25.1 Å². The van der Waals surface area contributed by atoms with Crippen LogP contribution >= 0.6 is 0 Å². The number of piperidine rings is 1. The first-order valence-corrected chi connectivity index (χ1v) is 11.1. The van der Waals surface area contributed by atoms with Crippen molar-refractivity contribution in [3.63, 3.8) is 0 Å². The molecule has 4 heterocycles. The van der Waals surface area contributed by atoms with Crippen molar-refractivity contribution in [2.45, 2.75) is 58.2 Å². The van der Waals surface area contributed by atoms with E-state index in [1.54, 1.807) is 9.42 Å². The van der Waals surface area contributed by atoms with Crippen LogP contribution in [0, 0.1) is 0 Å². The van der Waals surface area contributed by atoms with E-state index in [0.717, 1.165) is 56.9 Å². The molecule has 188 valence electrons. The second-order valence-corrected chi connectivity index (χ2v) is 7.86. The number of anilines is 1. The Morgan fingerprint density at radius 1 is 1.18 bits per heavy atom. The number of likely N-dealkylation sites (tertiary alicyclic amines) is 1. The van der Waals surface area contributed by atoms with Crippen molar-refractivity contribution < 1.29 is 33.7 Å². The van der Waals surface area contributed by atoms with Gasteiger partial charge in [0.15, 0.2) is 5.82 Å². The van der Waals surface area contributed by atoms with E-state index in [9.17, 15) is 9.59 Å². The number of carbonyl (C=O) groups is 3. The molecule has 2 aliphatic heterocycles. The van der Waals surface area contributed by atoms with Crippen LogP contribution in [0.5, 0.6) is 0 Å². The average Bonchev–Trinajstić information content (AvgIpc) is 3.45. The topological polar surface area (TPSA) is 159 Å². The van der Waals surface area contributed by atoms with Crippen LogP contribution < -0.4 is 5.73 Å². The summed E-state index contributed by atoms with van der Waals surface area (Å²) in [7, 11) is 1.35. The summed E-state index contributed by atoms with van der Waals surface area (Å²) in [6.07, 6.45) is 6.09. The summed E-state index contributed by atoms with van der Waals surface area (Å²) in [6.45, 7) is 4.33. The number of amides is 1. The lowest BCUT2D eigenvalue weighted by Crippen LogP contribution is -2.37. The maximum atomic E-state index is 12.1. The fourth-order valence-electron chi connectivity index (χ4n) is 3.59. The number of carboxylic acid groups (broad SMARTS) is 1. The minimum atomic E-state index is -0.833. The minimum absolute atomic E-state index is 0.0736. The summed E-state index contributed by atoms with van der Waals surface area (Å²) in [4.78, 5) is 36.5. The zero-order valence-electron chi connectivity index (χ0n) is 19.8. The van der Waals surface area contributed by atoms with Crippen molar-refractivity contribution in [2.75, 3.05) is 32.5 Å². The van der Waals surface area contributed by atoms with Gasteiger partial charge in [-0.1, -0.05) is 0 Å². The van der Waals surface area contributed by atoms with Crippen molar-refractivity contribution in [2.24, 2.45) is 0 Å². The van der Waals surface area contributed by atoms with Gasteiger partial charge in [0, 0.05) is 26.9 Å². The molecule has 12 nitrogen and oxygen atoms in total. The number of esters is 1. The van der Waals surface area contributed by atoms with Crippen LogP contribution in [0.2, 0.25) is 0 Å². The largest absolute Gasteiger partial charge is 0.481 e. The predicted molar refractivity (Wildman–Crippen MR) is 122 cm³/mol. The monoisotopic (exact) mass is 479 g/mol. The zero-order valence-corrected chi connectivity index (χ0v) is 19.8. The fraction of sp³-hybridized carbons (Fsp3) is 0.591. The molecule has 0 aliphatic carbocycles. The Labute approximate surface area is 198 Å². The summed E-state index contributed by atoms with van der Waals surface area (Å²) in [5, 5.41) is 11.7. The minimum Gasteiger partial charge on any atom is -0.481 e. The fourth-order valence-corrected chi connectivity index (χ4v) is 3.59. The van der Waals surface area contributed by atoms with Crippen molar-refractivity contribution in [1.29, 1.82) is 0 Å². The third-order valence-electron chi connectivity index (χ3n) is 5.24. The molecule has 2 aromatic heterocycles. The quantitative estimate of drug-likeness (QED) is 0.626. The molecule has 12 heteroatoms. The average molecular weight is 480 g/mol. The Kier molecular flexibility index (Phi) is 10.5. The number of methoxy groups -OCH3 is 1. The van der Waals surface area contributed by atoms with Gasteiger partial charge in [0.05, 0.1) is 18.9 Å². The molecule has 0 bridgehead atoms. The first-order chi connectivity index (χ1) is 16.2. The maximum Gasteiger partial charge on any atom is 0.409 e. The molecule has 3 N–H and O–H groups in total. The Hall–Kier alpha value is -3.41. The van der Waals surface area contributed by atoms with Crippen LogP contribution in [0.15, 0.2) is 18.5 Å². The number of nitrogens with two attached hydrogens (primary N) is 1. The number of nitrogen functional groups attached to an aromatic ring is 1. The Morgan fingerprint density at radius 3 is 2.44 bits per heavy atom. The molecule has 2 unspecified atom stereocenters. The third kappa shape index (κ3) is 8.18. The summed E-state index contributed by atoms with van der Waals surface area (Å²) in [5.41, 5.74) is 7.60. The normalized spacial score (nSPS) is 19.3. The number of carbonyl (C=O) groups excluding carboxylic acids is 2. The van der Waals surface area contributed by atoms with E-state index in [1.807, 2.05) is 12.1 Å². The second kappa shape index (κ2) is 13.3. The van der Waals surface area contributed by atoms with E-state index in [0.29, 0.717) is 12.4 Å². The highest BCUT2D eigenvalue weighted by molar-refractivity contribution is 5.67. The van der Waals surface area contributed by atoms with Crippen LogP contribution in [0.4, 0.5) is 10.6 Å². The van der Waals surface area contributed by atoms with E-state index >= 15 is 0 Å². The lowest BCUT2D eigenvalue weighted by atomic mass is 10.1. The number of hydrogen-bond acceptors (Lipinski definition) is 9. The Bertz CT molecular complexity index is 954. The van der Waals surface area contributed by atoms with Gasteiger partial charge in [-0.3, -0.25) is 9.59 Å². The molecular weight excluding hydrogens is 446 g/mol. The Morgan fingerprint density at radius 2 is 1.82 bits per heavy atom. The number of hydrogen-bond donors (Lipinski definition) is 2. The van der Waals surface area contributed by atoms with Crippen molar-refractivity contribution in [3.05, 3.63) is 24.2 Å². The van der Waals surface area contributed by atoms with Gasteiger partial charge in [-0.25, -0.2) is 14.3 Å². The maximum absolute atomic E-state index is 12.1. The molecule has 0 aromatic carbocycles. The molecule has 2 aromatic rings. The van der Waals surface area contributed by atoms with Gasteiger partial charge >= 0.3 is 12.1 Å². The van der Waals surface area contributed by atoms with Crippen LogP contribution in [0.25, 0.3) is 5.52 Å². The van der Waals surface area contributed by atoms with Crippen LogP contribution in [0.1, 0.15) is 57.7 Å². The number of aromatic nitrogens is 3. The molecule has 0 saturated carbocycles. The molecule has 2 fully saturated rings. The predicted octanol–water partition coefficient (Wildman–Crippen LogP) is 2.42. The number of rotatable bonds is 3. The number of fused-ring (bicyclic) bond motifs is 1. The van der Waals surface area contributed by atoms with Crippen LogP contribution in [-0.4, -0.2) is 75.5 Å². The molecular formula is C22H33N5O7. The van der Waals surface area contributed by atoms with Gasteiger partial charge < -0.3 is 30.0 Å². The smallest absolute Gasteiger partial charge is 0.409 e. The van der Waals surface area contributed by atoms with E-state index in [-0.39, 0.29) is 24.3 Å². The standard InChI is InChI=1S/C17H23N5O3.C3H6O2.C2H4O2/c18-16-14-6-5-13(22(14)20-11-19-16)15-7-4-12(25-15)10-24-17(23)21-8-2-1-3-9-21;1-3(4)5-2;1-2(3)4/h5-6,11-12,15H,1-4,7-10H2,(H2,18,19,20);1-2H3;1H3,(H,3,4). The Balaban J connectivity index is 0.000000391. The molecule has 34 heavy (non-hydrogen) atoms. The van der Waals surface area contributed by atoms with Gasteiger partial charge in [0.2, 0.25) is 0 Å². The SMILES string of the molecule is CC(=O)O.COC(C)=O.Nc1ncnn2c(C3CCC(COC(=O)N4CCCCC4)O3)ccc12. The summed E-state index contributed by atoms with van der Waals surface area (Å²) in [6, 6.07) is 3.87. The first kappa shape index (κ1) is 26.8. The molecule has 4 rings (SSSR count). The lowest BCUT2D eigenvalue weighted by Gasteiger charge is -2.26. The molecule has 2 aliphatic rings. The first-order valence-electron chi connectivity index (χ1n) is 11.1. The highest BCUT2D eigenvalue weighted by Gasteiger charge is 2.30. The van der Waals surface area contributed by atoms with E-state index in [2.05, 4.69) is 14.8 Å². The third-order valence-corrected chi connectivity index (χ3v) is 5.24.